The summed E-state index contributed by atoms with van der Waals surface area (Å²) in [5.74, 6) is 0.236. The smallest absolute Gasteiger partial charge is 0.414 e. The summed E-state index contributed by atoms with van der Waals surface area (Å²) < 4.78 is 11.1. The van der Waals surface area contributed by atoms with Gasteiger partial charge in [0, 0.05) is 6.04 Å². The Morgan fingerprint density at radius 1 is 1.14 bits per heavy atom. The van der Waals surface area contributed by atoms with E-state index >= 15 is 0 Å². The van der Waals surface area contributed by atoms with Crippen LogP contribution in [-0.4, -0.2) is 36.8 Å². The van der Waals surface area contributed by atoms with Crippen molar-refractivity contribution in [2.75, 3.05) is 6.61 Å². The second-order valence-corrected chi connectivity index (χ2v) is 7.89. The molecule has 158 valence electrons. The summed E-state index contributed by atoms with van der Waals surface area (Å²) in [5, 5.41) is 14.4. The van der Waals surface area contributed by atoms with Crippen LogP contribution < -0.4 is 15.4 Å². The van der Waals surface area contributed by atoms with Gasteiger partial charge >= 0.3 is 6.09 Å². The van der Waals surface area contributed by atoms with Crippen molar-refractivity contribution in [3.8, 4) is 11.8 Å². The van der Waals surface area contributed by atoms with Crippen LogP contribution in [0.5, 0.6) is 5.75 Å². The Hall–Kier alpha value is -2.59. The fourth-order valence-corrected chi connectivity index (χ4v) is 3.31. The first-order valence-electron chi connectivity index (χ1n) is 10.3. The number of benzene rings is 1. The number of imide groups is 1. The highest BCUT2D eigenvalue weighted by atomic mass is 16.6. The Morgan fingerprint density at radius 2 is 1.79 bits per heavy atom. The molecule has 2 rings (SSSR count). The van der Waals surface area contributed by atoms with Gasteiger partial charge in [0.05, 0.1) is 17.7 Å². The molecule has 0 heterocycles. The third-order valence-corrected chi connectivity index (χ3v) is 4.95. The zero-order valence-electron chi connectivity index (χ0n) is 17.4. The molecule has 0 saturated heterocycles. The van der Waals surface area contributed by atoms with Crippen molar-refractivity contribution < 1.29 is 19.1 Å². The molecule has 1 aliphatic rings. The van der Waals surface area contributed by atoms with Gasteiger partial charge in [0.1, 0.15) is 18.5 Å². The highest BCUT2D eigenvalue weighted by Gasteiger charge is 2.27. The third kappa shape index (κ3) is 7.74. The summed E-state index contributed by atoms with van der Waals surface area (Å²) in [6.07, 6.45) is 4.23. The molecule has 2 N–H and O–H groups in total. The van der Waals surface area contributed by atoms with Crippen LogP contribution in [0, 0.1) is 17.2 Å². The third-order valence-electron chi connectivity index (χ3n) is 4.95. The first kappa shape index (κ1) is 22.7. The molecule has 0 spiro atoms. The molecule has 1 aliphatic carbocycles. The SMILES string of the molecule is CC(COc1ccc(C#N)cc1)N[C@H](C(=O)NC(=O)OC1CCCCC1)C(C)C. The molecular weight excluding hydrogens is 370 g/mol. The topological polar surface area (TPSA) is 100 Å². The monoisotopic (exact) mass is 401 g/mol. The molecular formula is C22H31N3O4. The van der Waals surface area contributed by atoms with Gasteiger partial charge in [-0.05, 0) is 62.8 Å². The van der Waals surface area contributed by atoms with E-state index in [-0.39, 0.29) is 18.1 Å². The zero-order valence-corrected chi connectivity index (χ0v) is 17.4. The van der Waals surface area contributed by atoms with Gasteiger partial charge in [-0.2, -0.15) is 5.26 Å². The first-order chi connectivity index (χ1) is 13.9. The van der Waals surface area contributed by atoms with E-state index in [1.54, 1.807) is 24.3 Å². The summed E-state index contributed by atoms with van der Waals surface area (Å²) >= 11 is 0. The van der Waals surface area contributed by atoms with Crippen molar-refractivity contribution in [2.24, 2.45) is 5.92 Å². The van der Waals surface area contributed by atoms with Gasteiger partial charge < -0.3 is 9.47 Å². The summed E-state index contributed by atoms with van der Waals surface area (Å²) in [4.78, 5) is 24.6. The van der Waals surface area contributed by atoms with Crippen LogP contribution in [0.4, 0.5) is 4.79 Å². The lowest BCUT2D eigenvalue weighted by Gasteiger charge is -2.26. The van der Waals surface area contributed by atoms with Crippen LogP contribution >= 0.6 is 0 Å². The maximum Gasteiger partial charge on any atom is 0.414 e. The predicted molar refractivity (Wildman–Crippen MR) is 109 cm³/mol. The average Bonchev–Trinajstić information content (AvgIpc) is 2.71. The van der Waals surface area contributed by atoms with E-state index in [2.05, 4.69) is 16.7 Å². The fourth-order valence-electron chi connectivity index (χ4n) is 3.31. The zero-order chi connectivity index (χ0) is 21.2. The minimum absolute atomic E-state index is 0.0187. The van der Waals surface area contributed by atoms with Gasteiger partial charge in [-0.3, -0.25) is 15.4 Å². The van der Waals surface area contributed by atoms with Crippen LogP contribution in [0.1, 0.15) is 58.4 Å². The number of nitrogens with one attached hydrogen (secondary N) is 2. The van der Waals surface area contributed by atoms with Crippen molar-refractivity contribution in [2.45, 2.75) is 71.1 Å². The maximum atomic E-state index is 12.6. The second kappa shape index (κ2) is 11.4. The van der Waals surface area contributed by atoms with Gasteiger partial charge in [0.25, 0.3) is 0 Å². The lowest BCUT2D eigenvalue weighted by molar-refractivity contribution is -0.123. The summed E-state index contributed by atoms with van der Waals surface area (Å²) in [5.41, 5.74) is 0.570. The van der Waals surface area contributed by atoms with Gasteiger partial charge in [0.15, 0.2) is 0 Å². The number of hydrogen-bond acceptors (Lipinski definition) is 6. The quantitative estimate of drug-likeness (QED) is 0.691. The minimum Gasteiger partial charge on any atom is -0.492 e. The standard InChI is InChI=1S/C22H31N3O4/c1-15(2)20(21(26)25-22(27)29-19-7-5-4-6-8-19)24-16(3)14-28-18-11-9-17(13-23)10-12-18/h9-12,15-16,19-20,24H,4-8,14H2,1-3H3,(H,25,26,27)/t16?,20-/m0/s1. The number of hydrogen-bond donors (Lipinski definition) is 2. The van der Waals surface area contributed by atoms with Gasteiger partial charge in [-0.15, -0.1) is 0 Å². The molecule has 1 saturated carbocycles. The van der Waals surface area contributed by atoms with Crippen LogP contribution in [0.15, 0.2) is 24.3 Å². The van der Waals surface area contributed by atoms with E-state index in [0.29, 0.717) is 17.9 Å². The largest absolute Gasteiger partial charge is 0.492 e. The number of amides is 2. The van der Waals surface area contributed by atoms with E-state index in [4.69, 9.17) is 14.7 Å². The number of carbonyl (C=O) groups is 2. The number of nitrogens with zero attached hydrogens (tertiary/aromatic N) is 1. The summed E-state index contributed by atoms with van der Waals surface area (Å²) in [6, 6.07) is 8.24. The molecule has 1 fully saturated rings. The van der Waals surface area contributed by atoms with E-state index < -0.39 is 18.0 Å². The second-order valence-electron chi connectivity index (χ2n) is 7.89. The Balaban J connectivity index is 1.81. The molecule has 0 radical (unpaired) electrons. The molecule has 7 nitrogen and oxygen atoms in total. The molecule has 1 aromatic rings. The molecule has 0 aromatic heterocycles. The Labute approximate surface area is 172 Å². The molecule has 0 bridgehead atoms. The first-order valence-corrected chi connectivity index (χ1v) is 10.3. The van der Waals surface area contributed by atoms with Gasteiger partial charge in [-0.1, -0.05) is 20.3 Å². The summed E-state index contributed by atoms with van der Waals surface area (Å²) in [7, 11) is 0. The van der Waals surface area contributed by atoms with Crippen molar-refractivity contribution in [1.29, 1.82) is 5.26 Å². The number of rotatable bonds is 8. The lowest BCUT2D eigenvalue weighted by Crippen LogP contribution is -2.53. The Bertz CT molecular complexity index is 706. The molecule has 2 amide bonds. The lowest BCUT2D eigenvalue weighted by atomic mass is 9.98. The summed E-state index contributed by atoms with van der Waals surface area (Å²) in [6.45, 7) is 6.08. The Kier molecular flexibility index (Phi) is 8.94. The number of ether oxygens (including phenoxy) is 2. The van der Waals surface area contributed by atoms with E-state index in [0.717, 1.165) is 25.7 Å². The van der Waals surface area contributed by atoms with Gasteiger partial charge in [0.2, 0.25) is 5.91 Å². The van der Waals surface area contributed by atoms with Crippen LogP contribution in [-0.2, 0) is 9.53 Å². The van der Waals surface area contributed by atoms with Crippen molar-refractivity contribution in [3.05, 3.63) is 29.8 Å². The van der Waals surface area contributed by atoms with Crippen LogP contribution in [0.2, 0.25) is 0 Å². The van der Waals surface area contributed by atoms with Crippen molar-refractivity contribution in [3.63, 3.8) is 0 Å². The number of alkyl carbamates (subject to hydrolysis) is 1. The minimum atomic E-state index is -0.671. The van der Waals surface area contributed by atoms with Crippen molar-refractivity contribution >= 4 is 12.0 Å². The highest BCUT2D eigenvalue weighted by Crippen LogP contribution is 2.20. The molecule has 0 aliphatic heterocycles. The predicted octanol–water partition coefficient (Wildman–Crippen LogP) is 3.53. The maximum absolute atomic E-state index is 12.6. The molecule has 1 aromatic carbocycles. The fraction of sp³-hybridized carbons (Fsp3) is 0.591. The van der Waals surface area contributed by atoms with Crippen LogP contribution in [0.25, 0.3) is 0 Å². The average molecular weight is 402 g/mol. The molecule has 1 unspecified atom stereocenters. The molecule has 2 atom stereocenters. The Morgan fingerprint density at radius 3 is 2.38 bits per heavy atom. The van der Waals surface area contributed by atoms with Crippen molar-refractivity contribution in [1.82, 2.24) is 10.6 Å². The molecule has 7 heteroatoms. The van der Waals surface area contributed by atoms with E-state index in [1.165, 1.54) is 6.42 Å². The number of nitriles is 1. The van der Waals surface area contributed by atoms with E-state index in [9.17, 15) is 9.59 Å². The number of carbonyl (C=O) groups excluding carboxylic acids is 2. The molecule has 29 heavy (non-hydrogen) atoms. The highest BCUT2D eigenvalue weighted by molar-refractivity contribution is 5.95. The van der Waals surface area contributed by atoms with Gasteiger partial charge in [-0.25, -0.2) is 4.79 Å². The van der Waals surface area contributed by atoms with Crippen LogP contribution in [0.3, 0.4) is 0 Å². The van der Waals surface area contributed by atoms with E-state index in [1.807, 2.05) is 20.8 Å². The normalized spacial score (nSPS) is 16.5.